The summed E-state index contributed by atoms with van der Waals surface area (Å²) in [5.74, 6) is -0.791. The fourth-order valence-electron chi connectivity index (χ4n) is 1.84. The van der Waals surface area contributed by atoms with Crippen LogP contribution in [0.15, 0.2) is 30.3 Å². The molecule has 0 aromatic heterocycles. The maximum absolute atomic E-state index is 11.2. The lowest BCUT2D eigenvalue weighted by atomic mass is 9.80. The van der Waals surface area contributed by atoms with Crippen LogP contribution >= 0.6 is 0 Å². The lowest BCUT2D eigenvalue weighted by Crippen LogP contribution is -2.36. The molecule has 3 nitrogen and oxygen atoms in total. The number of carboxylic acids is 1. The molecule has 3 heteroatoms. The van der Waals surface area contributed by atoms with Gasteiger partial charge in [-0.25, -0.2) is 0 Å². The Hall–Kier alpha value is -1.35. The van der Waals surface area contributed by atoms with Gasteiger partial charge in [-0.3, -0.25) is 4.79 Å². The van der Waals surface area contributed by atoms with E-state index in [0.717, 1.165) is 5.56 Å². The van der Waals surface area contributed by atoms with Crippen LogP contribution in [-0.4, -0.2) is 24.3 Å². The second-order valence-corrected chi connectivity index (χ2v) is 3.56. The molecule has 1 fully saturated rings. The van der Waals surface area contributed by atoms with E-state index in [1.54, 1.807) is 0 Å². The van der Waals surface area contributed by atoms with E-state index in [9.17, 15) is 9.90 Å². The van der Waals surface area contributed by atoms with Crippen LogP contribution in [0.4, 0.5) is 0 Å². The number of carbonyl (C=O) groups is 1. The number of aliphatic carboxylic acids is 1. The lowest BCUT2D eigenvalue weighted by molar-refractivity contribution is -0.143. The van der Waals surface area contributed by atoms with Gasteiger partial charge in [0.15, 0.2) is 0 Å². The molecule has 1 aromatic carbocycles. The zero-order chi connectivity index (χ0) is 10.0. The van der Waals surface area contributed by atoms with Gasteiger partial charge >= 0.3 is 5.97 Å². The number of rotatable bonds is 2. The number of hydrogen-bond donors (Lipinski definition) is 1. The van der Waals surface area contributed by atoms with Crippen molar-refractivity contribution in [1.82, 2.24) is 0 Å². The molecule has 1 heterocycles. The van der Waals surface area contributed by atoms with Crippen LogP contribution < -0.4 is 0 Å². The normalized spacial score (nSPS) is 26.3. The molecule has 0 amide bonds. The third kappa shape index (κ3) is 1.30. The second-order valence-electron chi connectivity index (χ2n) is 3.56. The van der Waals surface area contributed by atoms with E-state index in [-0.39, 0.29) is 6.61 Å². The molecule has 0 aliphatic carbocycles. The molecule has 0 bridgehead atoms. The smallest absolute Gasteiger partial charge is 0.316 e. The predicted octanol–water partition coefficient (Wildman–Crippen LogP) is 1.43. The fraction of sp³-hybridized carbons (Fsp3) is 0.364. The monoisotopic (exact) mass is 192 g/mol. The van der Waals surface area contributed by atoms with Crippen LogP contribution in [0.1, 0.15) is 12.0 Å². The van der Waals surface area contributed by atoms with Crippen molar-refractivity contribution < 1.29 is 14.6 Å². The third-order valence-electron chi connectivity index (χ3n) is 2.76. The average molecular weight is 192 g/mol. The topological polar surface area (TPSA) is 46.5 Å². The SMILES string of the molecule is O=C(O)[C@]1(c2ccccc2)CCOC1. The summed E-state index contributed by atoms with van der Waals surface area (Å²) in [6.45, 7) is 0.813. The molecule has 0 radical (unpaired) electrons. The van der Waals surface area contributed by atoms with Gasteiger partial charge in [0.2, 0.25) is 0 Å². The first-order valence-corrected chi connectivity index (χ1v) is 4.62. The maximum atomic E-state index is 11.2. The van der Waals surface area contributed by atoms with Crippen LogP contribution in [0, 0.1) is 0 Å². The highest BCUT2D eigenvalue weighted by atomic mass is 16.5. The van der Waals surface area contributed by atoms with Gasteiger partial charge in [-0.2, -0.15) is 0 Å². The van der Waals surface area contributed by atoms with Gasteiger partial charge < -0.3 is 9.84 Å². The zero-order valence-corrected chi connectivity index (χ0v) is 7.77. The zero-order valence-electron chi connectivity index (χ0n) is 7.77. The molecule has 14 heavy (non-hydrogen) atoms. The summed E-state index contributed by atoms with van der Waals surface area (Å²) in [5, 5.41) is 9.24. The van der Waals surface area contributed by atoms with Gasteiger partial charge in [-0.1, -0.05) is 30.3 Å². The van der Waals surface area contributed by atoms with Crippen molar-refractivity contribution in [3.63, 3.8) is 0 Å². The lowest BCUT2D eigenvalue weighted by Gasteiger charge is -2.22. The van der Waals surface area contributed by atoms with Gasteiger partial charge in [0.05, 0.1) is 6.61 Å². The fourth-order valence-corrected chi connectivity index (χ4v) is 1.84. The van der Waals surface area contributed by atoms with Crippen molar-refractivity contribution in [3.05, 3.63) is 35.9 Å². The molecule has 1 aliphatic heterocycles. The van der Waals surface area contributed by atoms with Gasteiger partial charge in [0.1, 0.15) is 5.41 Å². The Morgan fingerprint density at radius 3 is 2.57 bits per heavy atom. The van der Waals surface area contributed by atoms with E-state index in [2.05, 4.69) is 0 Å². The van der Waals surface area contributed by atoms with E-state index in [4.69, 9.17) is 4.74 Å². The summed E-state index contributed by atoms with van der Waals surface area (Å²) in [5.41, 5.74) is 0.0198. The summed E-state index contributed by atoms with van der Waals surface area (Å²) in [4.78, 5) is 11.2. The van der Waals surface area contributed by atoms with E-state index in [1.807, 2.05) is 30.3 Å². The molecule has 1 atom stereocenters. The van der Waals surface area contributed by atoms with E-state index < -0.39 is 11.4 Å². The van der Waals surface area contributed by atoms with Gasteiger partial charge in [0, 0.05) is 6.61 Å². The predicted molar refractivity (Wildman–Crippen MR) is 51.2 cm³/mol. The minimum atomic E-state index is -0.818. The minimum Gasteiger partial charge on any atom is -0.481 e. The molecule has 0 unspecified atom stereocenters. The maximum Gasteiger partial charge on any atom is 0.316 e. The summed E-state index contributed by atoms with van der Waals surface area (Å²) in [7, 11) is 0. The Kier molecular flexibility index (Phi) is 2.25. The highest BCUT2D eigenvalue weighted by Crippen LogP contribution is 2.33. The standard InChI is InChI=1S/C11H12O3/c12-10(13)11(6-7-14-8-11)9-4-2-1-3-5-9/h1-5H,6-8H2,(H,12,13)/t11-/m1/s1. The van der Waals surface area contributed by atoms with Crippen molar-refractivity contribution in [2.75, 3.05) is 13.2 Å². The van der Waals surface area contributed by atoms with Gasteiger partial charge in [0.25, 0.3) is 0 Å². The van der Waals surface area contributed by atoms with Crippen LogP contribution in [0.2, 0.25) is 0 Å². The number of benzene rings is 1. The molecule has 1 saturated heterocycles. The average Bonchev–Trinajstić information content (AvgIpc) is 2.69. The molecule has 1 aliphatic rings. The van der Waals surface area contributed by atoms with Crippen molar-refractivity contribution >= 4 is 5.97 Å². The highest BCUT2D eigenvalue weighted by Gasteiger charge is 2.43. The highest BCUT2D eigenvalue weighted by molar-refractivity contribution is 5.82. The molecule has 1 N–H and O–H groups in total. The largest absolute Gasteiger partial charge is 0.481 e. The Bertz CT molecular complexity index is 326. The summed E-state index contributed by atoms with van der Waals surface area (Å²) in [6, 6.07) is 9.30. The van der Waals surface area contributed by atoms with Crippen molar-refractivity contribution in [2.24, 2.45) is 0 Å². The molecule has 0 spiro atoms. The van der Waals surface area contributed by atoms with E-state index >= 15 is 0 Å². The Morgan fingerprint density at radius 2 is 2.07 bits per heavy atom. The quantitative estimate of drug-likeness (QED) is 0.771. The first-order chi connectivity index (χ1) is 6.76. The van der Waals surface area contributed by atoms with Crippen molar-refractivity contribution in [1.29, 1.82) is 0 Å². The van der Waals surface area contributed by atoms with E-state index in [0.29, 0.717) is 13.0 Å². The Balaban J connectivity index is 2.42. The first kappa shape index (κ1) is 9.21. The van der Waals surface area contributed by atoms with Crippen LogP contribution in [0.3, 0.4) is 0 Å². The summed E-state index contributed by atoms with van der Waals surface area (Å²) in [6.07, 6.45) is 0.562. The summed E-state index contributed by atoms with van der Waals surface area (Å²) >= 11 is 0. The number of ether oxygens (including phenoxy) is 1. The van der Waals surface area contributed by atoms with Gasteiger partial charge in [-0.15, -0.1) is 0 Å². The molecule has 1 aromatic rings. The van der Waals surface area contributed by atoms with Crippen LogP contribution in [-0.2, 0) is 14.9 Å². The van der Waals surface area contributed by atoms with E-state index in [1.165, 1.54) is 0 Å². The molecular formula is C11H12O3. The molecule has 2 rings (SSSR count). The molecule has 74 valence electrons. The van der Waals surface area contributed by atoms with Crippen molar-refractivity contribution in [3.8, 4) is 0 Å². The van der Waals surface area contributed by atoms with Crippen molar-refractivity contribution in [2.45, 2.75) is 11.8 Å². The Morgan fingerprint density at radius 1 is 1.36 bits per heavy atom. The summed E-state index contributed by atoms with van der Waals surface area (Å²) < 4.78 is 5.20. The van der Waals surface area contributed by atoms with Crippen LogP contribution in [0.5, 0.6) is 0 Å². The molecule has 0 saturated carbocycles. The first-order valence-electron chi connectivity index (χ1n) is 4.62. The Labute approximate surface area is 82.3 Å². The second kappa shape index (κ2) is 3.42. The van der Waals surface area contributed by atoms with Gasteiger partial charge in [-0.05, 0) is 12.0 Å². The minimum absolute atomic E-state index is 0.284. The van der Waals surface area contributed by atoms with Crippen LogP contribution in [0.25, 0.3) is 0 Å². The molecular weight excluding hydrogens is 180 g/mol. The number of hydrogen-bond acceptors (Lipinski definition) is 2. The third-order valence-corrected chi connectivity index (χ3v) is 2.76. The number of carboxylic acid groups (broad SMARTS) is 1.